The molecular formula is C14H22O4. The zero-order valence-corrected chi connectivity index (χ0v) is 11.1. The van der Waals surface area contributed by atoms with Crippen molar-refractivity contribution >= 4 is 5.97 Å². The number of carbonyl (C=O) groups excluding carboxylic acids is 1. The Morgan fingerprint density at radius 3 is 2.61 bits per heavy atom. The van der Waals surface area contributed by atoms with E-state index in [4.69, 9.17) is 4.74 Å². The third-order valence-corrected chi connectivity index (χ3v) is 4.49. The maximum Gasteiger partial charge on any atom is 0.330 e. The highest BCUT2D eigenvalue weighted by molar-refractivity contribution is 5.81. The van der Waals surface area contributed by atoms with Crippen LogP contribution in [0.25, 0.3) is 0 Å². The van der Waals surface area contributed by atoms with Gasteiger partial charge < -0.3 is 14.9 Å². The molecule has 0 aromatic heterocycles. The molecule has 0 heterocycles. The third-order valence-electron chi connectivity index (χ3n) is 4.49. The normalized spacial score (nSPS) is 47.4. The Balaban J connectivity index is 2.21. The molecule has 2 aliphatic carbocycles. The summed E-state index contributed by atoms with van der Waals surface area (Å²) >= 11 is 0. The number of hydrogen-bond donors (Lipinski definition) is 2. The maximum atomic E-state index is 11.3. The zero-order valence-electron chi connectivity index (χ0n) is 11.1. The van der Waals surface area contributed by atoms with Gasteiger partial charge in [0.1, 0.15) is 6.10 Å². The minimum atomic E-state index is -0.934. The molecule has 0 spiro atoms. The second-order valence-corrected chi connectivity index (χ2v) is 6.19. The van der Waals surface area contributed by atoms with Gasteiger partial charge in [0, 0.05) is 24.8 Å². The molecule has 4 nitrogen and oxygen atoms in total. The average Bonchev–Trinajstić information content (AvgIpc) is 2.23. The number of esters is 1. The molecule has 4 heteroatoms. The van der Waals surface area contributed by atoms with Gasteiger partial charge in [0.05, 0.1) is 11.2 Å². The second kappa shape index (κ2) is 4.35. The monoisotopic (exact) mass is 254 g/mol. The standard InChI is InChI=1S/C14H22O4/c1-4-12(15)18-11-7-13(16)5-9(2)6-14(17,8-13)10(11)3/h4,9-11,16-17H,1,5-8H2,2-3H3. The summed E-state index contributed by atoms with van der Waals surface area (Å²) in [6, 6.07) is 0. The number of carbonyl (C=O) groups is 1. The van der Waals surface area contributed by atoms with Crippen LogP contribution in [0.15, 0.2) is 12.7 Å². The first-order valence-corrected chi connectivity index (χ1v) is 6.56. The molecule has 0 aliphatic heterocycles. The zero-order chi connectivity index (χ0) is 13.6. The molecule has 2 bridgehead atoms. The number of ether oxygens (including phenoxy) is 1. The van der Waals surface area contributed by atoms with Gasteiger partial charge in [-0.15, -0.1) is 0 Å². The van der Waals surface area contributed by atoms with Gasteiger partial charge in [0.15, 0.2) is 0 Å². The quantitative estimate of drug-likeness (QED) is 0.577. The average molecular weight is 254 g/mol. The maximum absolute atomic E-state index is 11.3. The van der Waals surface area contributed by atoms with Gasteiger partial charge in [-0.05, 0) is 18.8 Å². The molecule has 102 valence electrons. The van der Waals surface area contributed by atoms with E-state index in [-0.39, 0.29) is 11.8 Å². The van der Waals surface area contributed by atoms with Crippen molar-refractivity contribution in [3.63, 3.8) is 0 Å². The van der Waals surface area contributed by atoms with Crippen LogP contribution in [0.3, 0.4) is 0 Å². The van der Waals surface area contributed by atoms with Crippen molar-refractivity contribution in [3.05, 3.63) is 12.7 Å². The number of fused-ring (bicyclic) bond motifs is 2. The van der Waals surface area contributed by atoms with Gasteiger partial charge in [0.25, 0.3) is 0 Å². The SMILES string of the molecule is C=CC(=O)OC1CC2(O)CC(C)CC(O)(C2)C1C. The molecule has 5 unspecified atom stereocenters. The lowest BCUT2D eigenvalue weighted by molar-refractivity contribution is -0.215. The molecule has 2 N–H and O–H groups in total. The fraction of sp³-hybridized carbons (Fsp3) is 0.786. The van der Waals surface area contributed by atoms with Crippen LogP contribution < -0.4 is 0 Å². The second-order valence-electron chi connectivity index (χ2n) is 6.19. The molecule has 2 rings (SSSR count). The topological polar surface area (TPSA) is 66.8 Å². The molecule has 2 saturated carbocycles. The fourth-order valence-electron chi connectivity index (χ4n) is 3.78. The van der Waals surface area contributed by atoms with Crippen molar-refractivity contribution < 1.29 is 19.7 Å². The lowest BCUT2D eigenvalue weighted by Crippen LogP contribution is -2.61. The van der Waals surface area contributed by atoms with E-state index in [1.165, 1.54) is 0 Å². The Bertz CT molecular complexity index is 367. The molecule has 18 heavy (non-hydrogen) atoms. The van der Waals surface area contributed by atoms with Crippen LogP contribution in [0.4, 0.5) is 0 Å². The molecule has 0 saturated heterocycles. The van der Waals surface area contributed by atoms with E-state index in [1.54, 1.807) is 0 Å². The van der Waals surface area contributed by atoms with Crippen molar-refractivity contribution in [3.8, 4) is 0 Å². The Kier molecular flexibility index (Phi) is 3.28. The highest BCUT2D eigenvalue weighted by Gasteiger charge is 2.56. The van der Waals surface area contributed by atoms with Crippen LogP contribution in [0.2, 0.25) is 0 Å². The summed E-state index contributed by atoms with van der Waals surface area (Å²) < 4.78 is 5.28. The number of hydrogen-bond acceptors (Lipinski definition) is 4. The molecule has 0 amide bonds. The predicted octanol–water partition coefficient (Wildman–Crippen LogP) is 1.41. The first kappa shape index (κ1) is 13.6. The van der Waals surface area contributed by atoms with Gasteiger partial charge in [-0.25, -0.2) is 4.79 Å². The summed E-state index contributed by atoms with van der Waals surface area (Å²) in [5, 5.41) is 21.2. The van der Waals surface area contributed by atoms with Gasteiger partial charge in [-0.3, -0.25) is 0 Å². The summed E-state index contributed by atoms with van der Waals surface area (Å²) in [5.74, 6) is -0.372. The van der Waals surface area contributed by atoms with E-state index < -0.39 is 23.3 Å². The molecule has 2 fully saturated rings. The minimum Gasteiger partial charge on any atom is -0.459 e. The Morgan fingerprint density at radius 1 is 1.33 bits per heavy atom. The summed E-state index contributed by atoms with van der Waals surface area (Å²) in [6.45, 7) is 7.30. The summed E-state index contributed by atoms with van der Waals surface area (Å²) in [7, 11) is 0. The Hall–Kier alpha value is -0.870. The van der Waals surface area contributed by atoms with E-state index >= 15 is 0 Å². The van der Waals surface area contributed by atoms with E-state index in [9.17, 15) is 15.0 Å². The van der Waals surface area contributed by atoms with Crippen LogP contribution >= 0.6 is 0 Å². The van der Waals surface area contributed by atoms with Crippen LogP contribution in [0, 0.1) is 11.8 Å². The number of aliphatic hydroxyl groups is 2. The van der Waals surface area contributed by atoms with Crippen LogP contribution in [0.1, 0.15) is 39.5 Å². The van der Waals surface area contributed by atoms with Crippen molar-refractivity contribution in [1.29, 1.82) is 0 Å². The van der Waals surface area contributed by atoms with Crippen molar-refractivity contribution in [1.82, 2.24) is 0 Å². The van der Waals surface area contributed by atoms with Crippen molar-refractivity contribution in [2.24, 2.45) is 11.8 Å². The largest absolute Gasteiger partial charge is 0.459 e. The van der Waals surface area contributed by atoms with Crippen molar-refractivity contribution in [2.45, 2.75) is 56.8 Å². The van der Waals surface area contributed by atoms with E-state index in [0.29, 0.717) is 25.7 Å². The lowest BCUT2D eigenvalue weighted by Gasteiger charge is -2.54. The van der Waals surface area contributed by atoms with E-state index in [1.807, 2.05) is 13.8 Å². The van der Waals surface area contributed by atoms with E-state index in [2.05, 4.69) is 6.58 Å². The first-order chi connectivity index (χ1) is 8.28. The first-order valence-electron chi connectivity index (χ1n) is 6.56. The summed E-state index contributed by atoms with van der Waals surface area (Å²) in [5.41, 5.74) is -1.85. The predicted molar refractivity (Wildman–Crippen MR) is 66.8 cm³/mol. The van der Waals surface area contributed by atoms with Gasteiger partial charge >= 0.3 is 5.97 Å². The Labute approximate surface area is 108 Å². The smallest absolute Gasteiger partial charge is 0.330 e. The summed E-state index contributed by atoms with van der Waals surface area (Å²) in [6.07, 6.45) is 2.77. The molecule has 0 aromatic carbocycles. The molecule has 2 aliphatic rings. The van der Waals surface area contributed by atoms with Gasteiger partial charge in [0.2, 0.25) is 0 Å². The van der Waals surface area contributed by atoms with Crippen LogP contribution in [0.5, 0.6) is 0 Å². The third kappa shape index (κ3) is 2.31. The van der Waals surface area contributed by atoms with Crippen LogP contribution in [-0.2, 0) is 9.53 Å². The minimum absolute atomic E-state index is 0.163. The lowest BCUT2D eigenvalue weighted by atomic mass is 9.58. The molecule has 0 radical (unpaired) electrons. The van der Waals surface area contributed by atoms with Gasteiger partial charge in [-0.1, -0.05) is 20.4 Å². The van der Waals surface area contributed by atoms with E-state index in [0.717, 1.165) is 6.08 Å². The van der Waals surface area contributed by atoms with Crippen LogP contribution in [-0.4, -0.2) is 33.5 Å². The van der Waals surface area contributed by atoms with Gasteiger partial charge in [-0.2, -0.15) is 0 Å². The highest BCUT2D eigenvalue weighted by Crippen LogP contribution is 2.51. The highest BCUT2D eigenvalue weighted by atomic mass is 16.5. The summed E-state index contributed by atoms with van der Waals surface area (Å²) in [4.78, 5) is 11.3. The molecular weight excluding hydrogens is 232 g/mol. The molecule has 5 atom stereocenters. The molecule has 0 aromatic rings. The fourth-order valence-corrected chi connectivity index (χ4v) is 3.78. The number of rotatable bonds is 2. The van der Waals surface area contributed by atoms with Crippen molar-refractivity contribution in [2.75, 3.05) is 0 Å². The Morgan fingerprint density at radius 2 is 2.00 bits per heavy atom.